The zero-order valence-electron chi connectivity index (χ0n) is 10.5. The molecule has 1 saturated heterocycles. The minimum atomic E-state index is 0.443. The van der Waals surface area contributed by atoms with Crippen molar-refractivity contribution >= 4 is 5.69 Å². The molecule has 2 rings (SSSR count). The minimum Gasteiger partial charge on any atom is -0.367 e. The molecule has 4 heteroatoms. The van der Waals surface area contributed by atoms with Crippen molar-refractivity contribution in [2.45, 2.75) is 38.8 Å². The van der Waals surface area contributed by atoms with E-state index in [2.05, 4.69) is 35.4 Å². The van der Waals surface area contributed by atoms with Crippen molar-refractivity contribution in [3.8, 4) is 0 Å². The van der Waals surface area contributed by atoms with E-state index in [-0.39, 0.29) is 0 Å². The second-order valence-corrected chi connectivity index (χ2v) is 4.85. The summed E-state index contributed by atoms with van der Waals surface area (Å²) in [4.78, 5) is 2.43. The lowest BCUT2D eigenvalue weighted by molar-refractivity contribution is 0.449. The molecule has 2 heterocycles. The molecule has 1 aliphatic rings. The Kier molecular flexibility index (Phi) is 3.49. The maximum absolute atomic E-state index is 4.40. The van der Waals surface area contributed by atoms with Crippen LogP contribution >= 0.6 is 0 Å². The lowest BCUT2D eigenvalue weighted by Crippen LogP contribution is -2.44. The number of nitrogens with one attached hydrogen (secondary N) is 1. The van der Waals surface area contributed by atoms with Crippen molar-refractivity contribution in [1.29, 1.82) is 0 Å². The van der Waals surface area contributed by atoms with Crippen molar-refractivity contribution in [2.75, 3.05) is 25.0 Å². The Labute approximate surface area is 97.6 Å². The van der Waals surface area contributed by atoms with Crippen LogP contribution in [0.1, 0.15) is 32.7 Å². The van der Waals surface area contributed by atoms with Gasteiger partial charge in [-0.3, -0.25) is 4.68 Å². The highest BCUT2D eigenvalue weighted by molar-refractivity contribution is 5.43. The van der Waals surface area contributed by atoms with Crippen LogP contribution in [0.25, 0.3) is 0 Å². The molecule has 1 atom stereocenters. The predicted molar refractivity (Wildman–Crippen MR) is 66.9 cm³/mol. The molecular formula is C12H22N4. The van der Waals surface area contributed by atoms with E-state index in [0.717, 1.165) is 13.1 Å². The van der Waals surface area contributed by atoms with Crippen LogP contribution in [0.3, 0.4) is 0 Å². The molecule has 16 heavy (non-hydrogen) atoms. The molecule has 0 aromatic carbocycles. The molecule has 0 bridgehead atoms. The van der Waals surface area contributed by atoms with Crippen molar-refractivity contribution in [1.82, 2.24) is 15.1 Å². The van der Waals surface area contributed by atoms with Gasteiger partial charge in [-0.1, -0.05) is 0 Å². The van der Waals surface area contributed by atoms with E-state index in [4.69, 9.17) is 0 Å². The van der Waals surface area contributed by atoms with Crippen molar-refractivity contribution in [3.63, 3.8) is 0 Å². The number of anilines is 1. The van der Waals surface area contributed by atoms with E-state index in [1.165, 1.54) is 18.5 Å². The average Bonchev–Trinajstić information content (AvgIpc) is 2.78. The normalized spacial score (nSPS) is 21.8. The first kappa shape index (κ1) is 11.5. The van der Waals surface area contributed by atoms with Gasteiger partial charge in [-0.25, -0.2) is 0 Å². The van der Waals surface area contributed by atoms with Crippen LogP contribution in [0, 0.1) is 0 Å². The van der Waals surface area contributed by atoms with E-state index >= 15 is 0 Å². The molecule has 4 nitrogen and oxygen atoms in total. The van der Waals surface area contributed by atoms with Crippen LogP contribution in [0.5, 0.6) is 0 Å². The fourth-order valence-electron chi connectivity index (χ4n) is 2.22. The third-order valence-electron chi connectivity index (χ3n) is 3.31. The summed E-state index contributed by atoms with van der Waals surface area (Å²) in [7, 11) is 2.05. The molecule has 1 aromatic heterocycles. The van der Waals surface area contributed by atoms with Crippen LogP contribution in [-0.2, 0) is 0 Å². The van der Waals surface area contributed by atoms with Crippen LogP contribution in [0.15, 0.2) is 12.4 Å². The lowest BCUT2D eigenvalue weighted by atomic mass is 10.1. The topological polar surface area (TPSA) is 33.1 Å². The highest BCUT2D eigenvalue weighted by Gasteiger charge is 2.19. The zero-order valence-corrected chi connectivity index (χ0v) is 10.5. The molecule has 0 radical (unpaired) electrons. The molecule has 90 valence electrons. The molecule has 1 N–H and O–H groups in total. The van der Waals surface area contributed by atoms with Crippen molar-refractivity contribution in [3.05, 3.63) is 12.4 Å². The highest BCUT2D eigenvalue weighted by atomic mass is 15.3. The molecule has 0 spiro atoms. The van der Waals surface area contributed by atoms with Gasteiger partial charge in [-0.2, -0.15) is 5.10 Å². The second kappa shape index (κ2) is 4.87. The Morgan fingerprint density at radius 2 is 2.31 bits per heavy atom. The number of piperidine rings is 1. The smallest absolute Gasteiger partial charge is 0.0753 e. The van der Waals surface area contributed by atoms with Crippen LogP contribution in [0.2, 0.25) is 0 Å². The van der Waals surface area contributed by atoms with Crippen molar-refractivity contribution < 1.29 is 0 Å². The molecule has 1 unspecified atom stereocenters. The SMILES string of the molecule is CNC1CCCN(c2cnn(C(C)C)c2)C1. The van der Waals surface area contributed by atoms with Gasteiger partial charge in [0, 0.05) is 31.4 Å². The Bertz CT molecular complexity index is 332. The van der Waals surface area contributed by atoms with Gasteiger partial charge in [-0.15, -0.1) is 0 Å². The number of hydrogen-bond donors (Lipinski definition) is 1. The Balaban J connectivity index is 2.05. The van der Waals surface area contributed by atoms with Gasteiger partial charge in [0.25, 0.3) is 0 Å². The minimum absolute atomic E-state index is 0.443. The maximum Gasteiger partial charge on any atom is 0.0753 e. The van der Waals surface area contributed by atoms with E-state index < -0.39 is 0 Å². The van der Waals surface area contributed by atoms with Gasteiger partial charge in [0.15, 0.2) is 0 Å². The van der Waals surface area contributed by atoms with Crippen molar-refractivity contribution in [2.24, 2.45) is 0 Å². The number of hydrogen-bond acceptors (Lipinski definition) is 3. The molecule has 0 aliphatic carbocycles. The number of rotatable bonds is 3. The fraction of sp³-hybridized carbons (Fsp3) is 0.750. The van der Waals surface area contributed by atoms with Crippen LogP contribution in [-0.4, -0.2) is 36.0 Å². The van der Waals surface area contributed by atoms with E-state index in [0.29, 0.717) is 12.1 Å². The van der Waals surface area contributed by atoms with Gasteiger partial charge in [0.05, 0.1) is 11.9 Å². The number of likely N-dealkylation sites (N-methyl/N-ethyl adjacent to an activating group) is 1. The second-order valence-electron chi connectivity index (χ2n) is 4.85. The van der Waals surface area contributed by atoms with E-state index in [1.54, 1.807) is 0 Å². The summed E-state index contributed by atoms with van der Waals surface area (Å²) < 4.78 is 2.03. The maximum atomic E-state index is 4.40. The van der Waals surface area contributed by atoms with E-state index in [9.17, 15) is 0 Å². The first-order valence-electron chi connectivity index (χ1n) is 6.17. The summed E-state index contributed by atoms with van der Waals surface area (Å²) >= 11 is 0. The third-order valence-corrected chi connectivity index (χ3v) is 3.31. The van der Waals surface area contributed by atoms with Gasteiger partial charge < -0.3 is 10.2 Å². The van der Waals surface area contributed by atoms with Gasteiger partial charge in [-0.05, 0) is 33.7 Å². The zero-order chi connectivity index (χ0) is 11.5. The van der Waals surface area contributed by atoms with Gasteiger partial charge in [0.1, 0.15) is 0 Å². The third kappa shape index (κ3) is 2.38. The summed E-state index contributed by atoms with van der Waals surface area (Å²) in [5.41, 5.74) is 1.26. The summed E-state index contributed by atoms with van der Waals surface area (Å²) in [5.74, 6) is 0. The van der Waals surface area contributed by atoms with Gasteiger partial charge >= 0.3 is 0 Å². The van der Waals surface area contributed by atoms with Gasteiger partial charge in [0.2, 0.25) is 0 Å². The monoisotopic (exact) mass is 222 g/mol. The lowest BCUT2D eigenvalue weighted by Gasteiger charge is -2.33. The van der Waals surface area contributed by atoms with Crippen LogP contribution < -0.4 is 10.2 Å². The van der Waals surface area contributed by atoms with E-state index in [1.807, 2.05) is 17.9 Å². The number of aromatic nitrogens is 2. The first-order chi connectivity index (χ1) is 7.70. The predicted octanol–water partition coefficient (Wildman–Crippen LogP) is 1.65. The quantitative estimate of drug-likeness (QED) is 0.844. The average molecular weight is 222 g/mol. The summed E-state index contributed by atoms with van der Waals surface area (Å²) in [5, 5.41) is 7.76. The molecule has 1 aromatic rings. The summed E-state index contributed by atoms with van der Waals surface area (Å²) in [6, 6.07) is 1.06. The molecule has 0 amide bonds. The van der Waals surface area contributed by atoms with Crippen LogP contribution in [0.4, 0.5) is 5.69 Å². The standard InChI is InChI=1S/C12H22N4/c1-10(2)16-9-12(7-14-16)15-6-4-5-11(8-15)13-3/h7,9-11,13H,4-6,8H2,1-3H3. The summed E-state index contributed by atoms with van der Waals surface area (Å²) in [6.45, 7) is 6.56. The largest absolute Gasteiger partial charge is 0.367 e. The molecule has 1 fully saturated rings. The molecular weight excluding hydrogens is 200 g/mol. The summed E-state index contributed by atoms with van der Waals surface area (Å²) in [6.07, 6.45) is 6.68. The Hall–Kier alpha value is -1.03. The Morgan fingerprint density at radius 3 is 2.94 bits per heavy atom. The Morgan fingerprint density at radius 1 is 1.50 bits per heavy atom. The first-order valence-corrected chi connectivity index (χ1v) is 6.17. The highest BCUT2D eigenvalue weighted by Crippen LogP contribution is 2.20. The number of nitrogens with zero attached hydrogens (tertiary/aromatic N) is 3. The molecule has 1 aliphatic heterocycles. The fourth-order valence-corrected chi connectivity index (χ4v) is 2.22. The molecule has 0 saturated carbocycles.